The third kappa shape index (κ3) is 3.56. The van der Waals surface area contributed by atoms with Crippen molar-refractivity contribution in [2.75, 3.05) is 16.6 Å². The number of benzene rings is 3. The molecule has 0 radical (unpaired) electrons. The van der Waals surface area contributed by atoms with E-state index in [1.165, 1.54) is 11.8 Å². The van der Waals surface area contributed by atoms with E-state index in [1.807, 2.05) is 76.7 Å². The van der Waals surface area contributed by atoms with Crippen LogP contribution in [0.4, 0.5) is 11.4 Å². The van der Waals surface area contributed by atoms with Crippen LogP contribution in [0.3, 0.4) is 0 Å². The van der Waals surface area contributed by atoms with E-state index in [0.29, 0.717) is 5.04 Å². The molecule has 3 aromatic carbocycles. The number of carbonyl (C=O) groups is 1. The molecule has 7 heteroatoms. The summed E-state index contributed by atoms with van der Waals surface area (Å²) in [5.41, 5.74) is 5.99. The van der Waals surface area contributed by atoms with Crippen LogP contribution in [0.5, 0.6) is 0 Å². The molecule has 0 amide bonds. The number of esters is 1. The van der Waals surface area contributed by atoms with Crippen molar-refractivity contribution in [3.05, 3.63) is 95.6 Å². The van der Waals surface area contributed by atoms with Crippen LogP contribution in [0.15, 0.2) is 89.1 Å². The summed E-state index contributed by atoms with van der Waals surface area (Å²) < 4.78 is 5.36. The first-order chi connectivity index (χ1) is 16.6. The van der Waals surface area contributed by atoms with E-state index < -0.39 is 11.0 Å². The zero-order valence-electron chi connectivity index (χ0n) is 19.4. The fraction of sp³-hybridized carbons (Fsp3) is 0.222. The summed E-state index contributed by atoms with van der Waals surface area (Å²) in [5, 5.41) is 14.2. The highest BCUT2D eigenvalue weighted by molar-refractivity contribution is 8.16. The number of hydrogen-bond acceptors (Lipinski definition) is 7. The number of rotatable bonds is 5. The van der Waals surface area contributed by atoms with Crippen LogP contribution >= 0.6 is 11.8 Å². The number of carbonyl (C=O) groups excluding carboxylic acids is 1. The molecule has 172 valence electrons. The van der Waals surface area contributed by atoms with Crippen LogP contribution in [-0.4, -0.2) is 23.3 Å². The summed E-state index contributed by atoms with van der Waals surface area (Å²) in [4.78, 5) is 12.0. The van der Waals surface area contributed by atoms with Gasteiger partial charge in [0, 0.05) is 11.1 Å². The Labute approximate surface area is 203 Å². The molecule has 34 heavy (non-hydrogen) atoms. The van der Waals surface area contributed by atoms with Gasteiger partial charge in [0.05, 0.1) is 23.7 Å². The Morgan fingerprint density at radius 1 is 0.882 bits per heavy atom. The molecule has 0 aromatic heterocycles. The first kappa shape index (κ1) is 22.2. The number of nitrogens with zero attached hydrogens (tertiary/aromatic N) is 4. The largest absolute Gasteiger partial charge is 0.461 e. The molecular weight excluding hydrogens is 444 g/mol. The average Bonchev–Trinajstić information content (AvgIpc) is 3.27. The quantitative estimate of drug-likeness (QED) is 0.437. The lowest BCUT2D eigenvalue weighted by Crippen LogP contribution is -2.54. The standard InChI is InChI=1S/C27H26N4O2S/c1-4-24-22-13-9-10-14-23(22)27(30(28-24)20-11-7-6-8-12-20)31(21-17-15-19(3)16-18-21)29-25(34-27)26(32)33-5-2/h6-18H,4-5H2,1-3H3/t27-/m0/s1. The van der Waals surface area contributed by atoms with Gasteiger partial charge in [0.1, 0.15) is 0 Å². The lowest BCUT2D eigenvalue weighted by Gasteiger charge is -2.47. The first-order valence-electron chi connectivity index (χ1n) is 11.4. The zero-order valence-corrected chi connectivity index (χ0v) is 20.2. The number of para-hydroxylation sites is 1. The summed E-state index contributed by atoms with van der Waals surface area (Å²) >= 11 is 1.37. The van der Waals surface area contributed by atoms with Gasteiger partial charge in [0.25, 0.3) is 0 Å². The lowest BCUT2D eigenvalue weighted by atomic mass is 9.96. The van der Waals surface area contributed by atoms with Crippen LogP contribution in [0.1, 0.15) is 37.0 Å². The highest BCUT2D eigenvalue weighted by atomic mass is 32.2. The van der Waals surface area contributed by atoms with Gasteiger partial charge in [0.15, 0.2) is 0 Å². The van der Waals surface area contributed by atoms with Crippen LogP contribution in [0.25, 0.3) is 0 Å². The maximum atomic E-state index is 12.9. The first-order valence-corrected chi connectivity index (χ1v) is 12.2. The number of thioether (sulfide) groups is 1. The van der Waals surface area contributed by atoms with Gasteiger partial charge in [-0.3, -0.25) is 0 Å². The Morgan fingerprint density at radius 2 is 1.53 bits per heavy atom. The normalized spacial score (nSPS) is 19.0. The highest BCUT2D eigenvalue weighted by Crippen LogP contribution is 2.54. The van der Waals surface area contributed by atoms with Crippen molar-refractivity contribution in [2.24, 2.45) is 10.2 Å². The van der Waals surface area contributed by atoms with Crippen LogP contribution in [-0.2, 0) is 14.5 Å². The molecule has 0 saturated heterocycles. The number of hydrogen-bond donors (Lipinski definition) is 0. The van der Waals surface area contributed by atoms with Crippen molar-refractivity contribution in [1.82, 2.24) is 0 Å². The predicted molar refractivity (Wildman–Crippen MR) is 139 cm³/mol. The molecule has 0 aliphatic carbocycles. The zero-order chi connectivity index (χ0) is 23.7. The van der Waals surface area contributed by atoms with E-state index in [2.05, 4.69) is 26.0 Å². The Morgan fingerprint density at radius 3 is 2.24 bits per heavy atom. The Kier molecular flexibility index (Phi) is 5.87. The number of anilines is 2. The van der Waals surface area contributed by atoms with Crippen molar-refractivity contribution >= 4 is 39.9 Å². The number of ether oxygens (including phenoxy) is 1. The summed E-state index contributed by atoms with van der Waals surface area (Å²) in [6, 6.07) is 26.4. The molecule has 2 aliphatic rings. The molecule has 6 nitrogen and oxygen atoms in total. The second kappa shape index (κ2) is 8.99. The molecule has 0 fully saturated rings. The highest BCUT2D eigenvalue weighted by Gasteiger charge is 2.56. The molecular formula is C27H26N4O2S. The molecule has 0 bridgehead atoms. The van der Waals surface area contributed by atoms with Crippen molar-refractivity contribution in [3.63, 3.8) is 0 Å². The molecule has 1 spiro atoms. The van der Waals surface area contributed by atoms with Gasteiger partial charge in [-0.05, 0) is 56.3 Å². The molecule has 0 saturated carbocycles. The molecule has 0 unspecified atom stereocenters. The van der Waals surface area contributed by atoms with Gasteiger partial charge >= 0.3 is 5.97 Å². The van der Waals surface area contributed by atoms with Crippen molar-refractivity contribution in [2.45, 2.75) is 32.2 Å². The minimum absolute atomic E-state index is 0.285. The topological polar surface area (TPSA) is 57.5 Å². The van der Waals surface area contributed by atoms with Gasteiger partial charge in [-0.2, -0.15) is 10.2 Å². The van der Waals surface area contributed by atoms with E-state index in [4.69, 9.17) is 14.9 Å². The van der Waals surface area contributed by atoms with E-state index in [-0.39, 0.29) is 6.61 Å². The molecule has 0 N–H and O–H groups in total. The van der Waals surface area contributed by atoms with Gasteiger partial charge in [-0.15, -0.1) is 0 Å². The second-order valence-corrected chi connectivity index (χ2v) is 9.24. The summed E-state index contributed by atoms with van der Waals surface area (Å²) in [7, 11) is 0. The maximum Gasteiger partial charge on any atom is 0.365 e. The third-order valence-electron chi connectivity index (χ3n) is 5.88. The second-order valence-electron chi connectivity index (χ2n) is 8.08. The monoisotopic (exact) mass is 470 g/mol. The van der Waals surface area contributed by atoms with Crippen LogP contribution in [0.2, 0.25) is 0 Å². The van der Waals surface area contributed by atoms with Crippen molar-refractivity contribution < 1.29 is 9.53 Å². The Balaban J connectivity index is 1.79. The molecule has 5 rings (SSSR count). The van der Waals surface area contributed by atoms with E-state index >= 15 is 0 Å². The summed E-state index contributed by atoms with van der Waals surface area (Å²) in [6.07, 6.45) is 0.775. The number of fused-ring (bicyclic) bond motifs is 2. The number of hydrazone groups is 2. The minimum Gasteiger partial charge on any atom is -0.461 e. The van der Waals surface area contributed by atoms with Crippen LogP contribution < -0.4 is 10.0 Å². The molecule has 2 aliphatic heterocycles. The van der Waals surface area contributed by atoms with E-state index in [1.54, 1.807) is 6.92 Å². The Hall–Kier alpha value is -3.58. The average molecular weight is 471 g/mol. The smallest absolute Gasteiger partial charge is 0.365 e. The Bertz CT molecular complexity index is 1270. The molecule has 2 heterocycles. The molecule has 1 atom stereocenters. The summed E-state index contributed by atoms with van der Waals surface area (Å²) in [6.45, 7) is 6.25. The number of aryl methyl sites for hydroxylation is 1. The van der Waals surface area contributed by atoms with Crippen LogP contribution in [0, 0.1) is 6.92 Å². The SMILES string of the molecule is CCOC(=O)C1=NN(c2ccc(C)cc2)[C@]2(S1)c1ccccc1C(CC)=NN2c1ccccc1. The predicted octanol–water partition coefficient (Wildman–Crippen LogP) is 5.87. The lowest BCUT2D eigenvalue weighted by molar-refractivity contribution is -0.134. The molecule has 3 aromatic rings. The van der Waals surface area contributed by atoms with Crippen molar-refractivity contribution in [1.29, 1.82) is 0 Å². The third-order valence-corrected chi connectivity index (χ3v) is 7.17. The minimum atomic E-state index is -0.937. The van der Waals surface area contributed by atoms with E-state index in [9.17, 15) is 4.79 Å². The van der Waals surface area contributed by atoms with E-state index in [0.717, 1.165) is 40.2 Å². The summed E-state index contributed by atoms with van der Waals surface area (Å²) in [5.74, 6) is -0.433. The van der Waals surface area contributed by atoms with Gasteiger partial charge in [0.2, 0.25) is 10.0 Å². The van der Waals surface area contributed by atoms with Gasteiger partial charge in [-0.1, -0.05) is 67.1 Å². The maximum absolute atomic E-state index is 12.9. The van der Waals surface area contributed by atoms with Gasteiger partial charge in [-0.25, -0.2) is 14.8 Å². The fourth-order valence-electron chi connectivity index (χ4n) is 4.29. The fourth-order valence-corrected chi connectivity index (χ4v) is 5.58. The van der Waals surface area contributed by atoms with Crippen molar-refractivity contribution in [3.8, 4) is 0 Å². The van der Waals surface area contributed by atoms with Gasteiger partial charge < -0.3 is 4.74 Å².